The van der Waals surface area contributed by atoms with E-state index in [0.717, 1.165) is 18.4 Å². The first-order valence-electron chi connectivity index (χ1n) is 8.64. The fraction of sp³-hybridized carbons (Fsp3) is 0.688. The van der Waals surface area contributed by atoms with Crippen molar-refractivity contribution in [1.29, 1.82) is 0 Å². The number of amides is 1. The van der Waals surface area contributed by atoms with Crippen molar-refractivity contribution in [3.8, 4) is 0 Å². The summed E-state index contributed by atoms with van der Waals surface area (Å²) in [6.45, 7) is 10.5. The molecule has 2 aliphatic rings. The van der Waals surface area contributed by atoms with Crippen LogP contribution < -0.4 is 0 Å². The average molecular weight is 334 g/mol. The Balaban J connectivity index is 0.00000100. The van der Waals surface area contributed by atoms with Gasteiger partial charge in [-0.05, 0) is 25.7 Å². The van der Waals surface area contributed by atoms with Crippen LogP contribution in [-0.2, 0) is 20.6 Å². The number of aryl methyl sites for hydroxylation is 1. The maximum Gasteiger partial charge on any atom is 0.491 e. The molecular weight excluding hydrogens is 307 g/mol. The van der Waals surface area contributed by atoms with Crippen LogP contribution in [0.5, 0.6) is 0 Å². The average Bonchev–Trinajstić information content (AvgIpc) is 3.24. The minimum absolute atomic E-state index is 0.123. The second-order valence-electron chi connectivity index (χ2n) is 6.32. The quantitative estimate of drug-likeness (QED) is 0.784. The van der Waals surface area contributed by atoms with Crippen LogP contribution in [0.1, 0.15) is 40.5 Å². The molecule has 0 aromatic carbocycles. The summed E-state index contributed by atoms with van der Waals surface area (Å²) >= 11 is 0. The van der Waals surface area contributed by atoms with Crippen molar-refractivity contribution in [2.75, 3.05) is 19.7 Å². The molecule has 1 aromatic rings. The normalized spacial score (nSPS) is 19.6. The first-order valence-corrected chi connectivity index (χ1v) is 8.64. The summed E-state index contributed by atoms with van der Waals surface area (Å²) in [5.74, 6) is 0.123. The van der Waals surface area contributed by atoms with Crippen LogP contribution in [0.4, 0.5) is 0 Å². The topological polar surface area (TPSA) is 69.5 Å². The van der Waals surface area contributed by atoms with Crippen LogP contribution in [0, 0.1) is 0 Å². The summed E-state index contributed by atoms with van der Waals surface area (Å²) in [6, 6.07) is 0. The van der Waals surface area contributed by atoms with E-state index < -0.39 is 0 Å². The maximum absolute atomic E-state index is 12.3. The summed E-state index contributed by atoms with van der Waals surface area (Å²) in [6.07, 6.45) is 6.77. The second-order valence-corrected chi connectivity index (χ2v) is 6.32. The van der Waals surface area contributed by atoms with E-state index in [4.69, 9.17) is 9.31 Å². The van der Waals surface area contributed by atoms with Crippen molar-refractivity contribution in [2.45, 2.75) is 52.7 Å². The van der Waals surface area contributed by atoms with Crippen molar-refractivity contribution in [2.24, 2.45) is 0 Å². The van der Waals surface area contributed by atoms with Crippen molar-refractivity contribution >= 4 is 13.0 Å². The molecule has 0 saturated carbocycles. The van der Waals surface area contributed by atoms with Gasteiger partial charge < -0.3 is 14.2 Å². The van der Waals surface area contributed by atoms with E-state index in [9.17, 15) is 4.79 Å². The lowest BCUT2D eigenvalue weighted by molar-refractivity contribution is -0.131. The third-order valence-corrected chi connectivity index (χ3v) is 3.87. The zero-order valence-corrected chi connectivity index (χ0v) is 15.1. The number of carbonyl (C=O) groups excluding carboxylic acids is 1. The molecule has 1 aromatic heterocycles. The summed E-state index contributed by atoms with van der Waals surface area (Å²) in [7, 11) is -0.319. The Kier molecular flexibility index (Phi) is 6.56. The van der Waals surface area contributed by atoms with Gasteiger partial charge in [0.15, 0.2) is 0 Å². The first-order chi connectivity index (χ1) is 11.5. The molecule has 3 heterocycles. The van der Waals surface area contributed by atoms with E-state index >= 15 is 0 Å². The van der Waals surface area contributed by atoms with Gasteiger partial charge in [0.1, 0.15) is 0 Å². The smallest absolute Gasteiger partial charge is 0.405 e. The Hall–Kier alpha value is -1.67. The molecule has 0 aliphatic carbocycles. The van der Waals surface area contributed by atoms with Gasteiger partial charge in [-0.3, -0.25) is 9.48 Å². The molecule has 8 heteroatoms. The molecule has 0 unspecified atom stereocenters. The summed E-state index contributed by atoms with van der Waals surface area (Å²) < 4.78 is 13.3. The number of nitrogens with zero attached hydrogens (tertiary/aromatic N) is 4. The van der Waals surface area contributed by atoms with Crippen molar-refractivity contribution in [3.05, 3.63) is 23.9 Å². The number of hydrogen-bond acceptors (Lipinski definition) is 5. The van der Waals surface area contributed by atoms with Crippen LogP contribution in [0.2, 0.25) is 0 Å². The third-order valence-electron chi connectivity index (χ3n) is 3.87. The highest BCUT2D eigenvalue weighted by molar-refractivity contribution is 6.54. The van der Waals surface area contributed by atoms with Crippen LogP contribution in [0.15, 0.2) is 23.9 Å². The lowest BCUT2D eigenvalue weighted by Crippen LogP contribution is -2.40. The van der Waals surface area contributed by atoms with E-state index in [2.05, 4.69) is 16.4 Å². The van der Waals surface area contributed by atoms with Gasteiger partial charge >= 0.3 is 7.12 Å². The van der Waals surface area contributed by atoms with Gasteiger partial charge in [0, 0.05) is 25.7 Å². The SMILES string of the molecule is CC.CC1(C)COB(C2=CCCN(C(=O)CCn3ccnn3)C2)O1. The van der Waals surface area contributed by atoms with E-state index in [1.165, 1.54) is 0 Å². The largest absolute Gasteiger partial charge is 0.491 e. The summed E-state index contributed by atoms with van der Waals surface area (Å²) in [4.78, 5) is 14.2. The lowest BCUT2D eigenvalue weighted by atomic mass is 9.76. The molecule has 1 amide bonds. The Bertz CT molecular complexity index is 560. The number of aromatic nitrogens is 3. The summed E-state index contributed by atoms with van der Waals surface area (Å²) in [5.41, 5.74) is 0.788. The van der Waals surface area contributed by atoms with Gasteiger partial charge in [-0.2, -0.15) is 0 Å². The van der Waals surface area contributed by atoms with Crippen molar-refractivity contribution < 1.29 is 14.1 Å². The van der Waals surface area contributed by atoms with Crippen LogP contribution in [0.3, 0.4) is 0 Å². The van der Waals surface area contributed by atoms with Crippen LogP contribution >= 0.6 is 0 Å². The van der Waals surface area contributed by atoms with Gasteiger partial charge in [-0.25, -0.2) is 0 Å². The molecule has 0 bridgehead atoms. The first kappa shape index (κ1) is 18.7. The zero-order chi connectivity index (χ0) is 17.6. The van der Waals surface area contributed by atoms with Gasteiger partial charge in [-0.15, -0.1) is 5.10 Å². The molecule has 2 aliphatic heterocycles. The Morgan fingerprint density at radius 1 is 1.42 bits per heavy atom. The molecule has 0 spiro atoms. The molecule has 1 fully saturated rings. The summed E-state index contributed by atoms with van der Waals surface area (Å²) in [5, 5.41) is 7.61. The predicted octanol–water partition coefficient (Wildman–Crippen LogP) is 1.71. The van der Waals surface area contributed by atoms with Crippen molar-refractivity contribution in [1.82, 2.24) is 19.9 Å². The third kappa shape index (κ3) is 4.91. The highest BCUT2D eigenvalue weighted by atomic mass is 16.7. The van der Waals surface area contributed by atoms with E-state index in [-0.39, 0.29) is 18.6 Å². The fourth-order valence-corrected chi connectivity index (χ4v) is 2.69. The molecule has 3 rings (SSSR count). The van der Waals surface area contributed by atoms with Gasteiger partial charge in [0.2, 0.25) is 5.91 Å². The van der Waals surface area contributed by atoms with Crippen molar-refractivity contribution in [3.63, 3.8) is 0 Å². The highest BCUT2D eigenvalue weighted by Gasteiger charge is 2.40. The molecule has 7 nitrogen and oxygen atoms in total. The molecular formula is C16H27BN4O3. The lowest BCUT2D eigenvalue weighted by Gasteiger charge is -2.28. The molecule has 1 saturated heterocycles. The Morgan fingerprint density at radius 3 is 2.83 bits per heavy atom. The molecule has 0 N–H and O–H groups in total. The van der Waals surface area contributed by atoms with Crippen LogP contribution in [-0.4, -0.2) is 58.2 Å². The minimum atomic E-state index is -0.319. The number of hydrogen-bond donors (Lipinski definition) is 0. The number of rotatable bonds is 4. The van der Waals surface area contributed by atoms with Gasteiger partial charge in [0.25, 0.3) is 0 Å². The Morgan fingerprint density at radius 2 is 2.21 bits per heavy atom. The standard InChI is InChI=1S/C14H21BN4O3.C2H6/c1-14(2)11-21-15(22-14)12-4-3-7-18(10-12)13(20)5-8-19-9-6-16-17-19;1-2/h4,6,9H,3,5,7-8,10-11H2,1-2H3;1-2H3. The monoisotopic (exact) mass is 334 g/mol. The minimum Gasteiger partial charge on any atom is -0.405 e. The van der Waals surface area contributed by atoms with Gasteiger partial charge in [-0.1, -0.05) is 25.1 Å². The van der Waals surface area contributed by atoms with Gasteiger partial charge in [0.05, 0.1) is 24.9 Å². The molecule has 24 heavy (non-hydrogen) atoms. The maximum atomic E-state index is 12.3. The van der Waals surface area contributed by atoms with E-state index in [0.29, 0.717) is 26.1 Å². The van der Waals surface area contributed by atoms with E-state index in [1.54, 1.807) is 17.1 Å². The predicted molar refractivity (Wildman–Crippen MR) is 92.1 cm³/mol. The second kappa shape index (κ2) is 8.44. The number of carbonyl (C=O) groups is 1. The highest BCUT2D eigenvalue weighted by Crippen LogP contribution is 2.25. The van der Waals surface area contributed by atoms with E-state index in [1.807, 2.05) is 32.6 Å². The fourth-order valence-electron chi connectivity index (χ4n) is 2.69. The zero-order valence-electron chi connectivity index (χ0n) is 15.1. The van der Waals surface area contributed by atoms with Crippen LogP contribution in [0.25, 0.3) is 0 Å². The molecule has 132 valence electrons. The molecule has 0 radical (unpaired) electrons. The molecule has 0 atom stereocenters. The Labute approximate surface area is 144 Å².